The van der Waals surface area contributed by atoms with Crippen molar-refractivity contribution < 1.29 is 0 Å². The van der Waals surface area contributed by atoms with Crippen LogP contribution in [0.2, 0.25) is 0 Å². The highest BCUT2D eigenvalue weighted by molar-refractivity contribution is 5.31. The summed E-state index contributed by atoms with van der Waals surface area (Å²) in [5.74, 6) is 0. The van der Waals surface area contributed by atoms with E-state index in [-0.39, 0.29) is 0 Å². The standard InChI is InChI=1S/C17H28N2/c1-4-5-8-19(16-6-7-16)17(12-18)15-10-13(2)9-14(3)11-15/h9-11,16-17H,4-8,12,18H2,1-3H3. The summed E-state index contributed by atoms with van der Waals surface area (Å²) in [6.45, 7) is 8.54. The number of aryl methyl sites for hydroxylation is 2. The molecule has 1 fully saturated rings. The Hall–Kier alpha value is -0.860. The first-order valence-electron chi connectivity index (χ1n) is 7.69. The number of nitrogens with two attached hydrogens (primary N) is 1. The van der Waals surface area contributed by atoms with Crippen molar-refractivity contribution in [3.8, 4) is 0 Å². The van der Waals surface area contributed by atoms with E-state index in [4.69, 9.17) is 5.73 Å². The van der Waals surface area contributed by atoms with Crippen molar-refractivity contribution in [2.45, 2.75) is 58.5 Å². The third kappa shape index (κ3) is 3.80. The van der Waals surface area contributed by atoms with Crippen LogP contribution >= 0.6 is 0 Å². The molecule has 2 nitrogen and oxygen atoms in total. The summed E-state index contributed by atoms with van der Waals surface area (Å²) < 4.78 is 0. The molecule has 19 heavy (non-hydrogen) atoms. The molecule has 1 aliphatic rings. The molecule has 2 heteroatoms. The van der Waals surface area contributed by atoms with Gasteiger partial charge in [-0.2, -0.15) is 0 Å². The Morgan fingerprint density at radius 1 is 1.21 bits per heavy atom. The summed E-state index contributed by atoms with van der Waals surface area (Å²) in [4.78, 5) is 2.65. The minimum atomic E-state index is 0.401. The zero-order valence-electron chi connectivity index (χ0n) is 12.7. The van der Waals surface area contributed by atoms with E-state index in [2.05, 4.69) is 43.9 Å². The minimum absolute atomic E-state index is 0.401. The van der Waals surface area contributed by atoms with Gasteiger partial charge in [0.05, 0.1) is 0 Å². The van der Waals surface area contributed by atoms with Crippen LogP contribution in [-0.4, -0.2) is 24.0 Å². The Labute approximate surface area is 118 Å². The van der Waals surface area contributed by atoms with Gasteiger partial charge in [0.15, 0.2) is 0 Å². The predicted octanol–water partition coefficient (Wildman–Crippen LogP) is 3.57. The SMILES string of the molecule is CCCCN(C1CC1)C(CN)c1cc(C)cc(C)c1. The van der Waals surface area contributed by atoms with Gasteiger partial charge in [-0.05, 0) is 45.2 Å². The van der Waals surface area contributed by atoms with Crippen LogP contribution in [0.5, 0.6) is 0 Å². The van der Waals surface area contributed by atoms with Crippen LogP contribution < -0.4 is 5.73 Å². The van der Waals surface area contributed by atoms with E-state index in [1.165, 1.54) is 48.9 Å². The largest absolute Gasteiger partial charge is 0.329 e. The number of rotatable bonds is 7. The highest BCUT2D eigenvalue weighted by atomic mass is 15.2. The Morgan fingerprint density at radius 3 is 2.32 bits per heavy atom. The van der Waals surface area contributed by atoms with Gasteiger partial charge < -0.3 is 5.73 Å². The van der Waals surface area contributed by atoms with Crippen LogP contribution in [0.15, 0.2) is 18.2 Å². The molecule has 0 aliphatic heterocycles. The van der Waals surface area contributed by atoms with E-state index in [9.17, 15) is 0 Å². The fourth-order valence-corrected chi connectivity index (χ4v) is 3.00. The maximum absolute atomic E-state index is 6.10. The van der Waals surface area contributed by atoms with Gasteiger partial charge in [0.1, 0.15) is 0 Å². The predicted molar refractivity (Wildman–Crippen MR) is 82.3 cm³/mol. The van der Waals surface area contributed by atoms with E-state index in [1.54, 1.807) is 0 Å². The molecule has 1 aromatic carbocycles. The van der Waals surface area contributed by atoms with Gasteiger partial charge in [-0.1, -0.05) is 42.7 Å². The van der Waals surface area contributed by atoms with Gasteiger partial charge >= 0.3 is 0 Å². The molecule has 1 aliphatic carbocycles. The topological polar surface area (TPSA) is 29.3 Å². The van der Waals surface area contributed by atoms with Crippen molar-refractivity contribution in [2.75, 3.05) is 13.1 Å². The van der Waals surface area contributed by atoms with E-state index < -0.39 is 0 Å². The van der Waals surface area contributed by atoms with Crippen molar-refractivity contribution in [1.82, 2.24) is 4.90 Å². The third-order valence-corrected chi connectivity index (χ3v) is 4.04. The molecular formula is C17H28N2. The Kier molecular flexibility index (Phi) is 5.00. The molecule has 2 N–H and O–H groups in total. The van der Waals surface area contributed by atoms with Crippen LogP contribution in [0, 0.1) is 13.8 Å². The second-order valence-electron chi connectivity index (χ2n) is 6.00. The Balaban J connectivity index is 2.20. The molecule has 0 heterocycles. The summed E-state index contributed by atoms with van der Waals surface area (Å²) in [6, 6.07) is 8.04. The molecule has 2 rings (SSSR count). The number of hydrogen-bond donors (Lipinski definition) is 1. The first-order valence-corrected chi connectivity index (χ1v) is 7.69. The molecule has 0 bridgehead atoms. The second-order valence-corrected chi connectivity index (χ2v) is 6.00. The van der Waals surface area contributed by atoms with Crippen LogP contribution in [-0.2, 0) is 0 Å². The lowest BCUT2D eigenvalue weighted by Crippen LogP contribution is -2.36. The number of nitrogens with zero attached hydrogens (tertiary/aromatic N) is 1. The van der Waals surface area contributed by atoms with E-state index in [0.29, 0.717) is 6.04 Å². The van der Waals surface area contributed by atoms with Gasteiger partial charge in [-0.3, -0.25) is 4.90 Å². The minimum Gasteiger partial charge on any atom is -0.329 e. The van der Waals surface area contributed by atoms with Crippen molar-refractivity contribution >= 4 is 0 Å². The number of hydrogen-bond acceptors (Lipinski definition) is 2. The fourth-order valence-electron chi connectivity index (χ4n) is 3.00. The third-order valence-electron chi connectivity index (χ3n) is 4.04. The molecule has 1 aromatic rings. The highest BCUT2D eigenvalue weighted by Gasteiger charge is 2.33. The molecule has 1 unspecified atom stereocenters. The number of benzene rings is 1. The smallest absolute Gasteiger partial charge is 0.0473 e. The van der Waals surface area contributed by atoms with E-state index >= 15 is 0 Å². The molecule has 1 atom stereocenters. The lowest BCUT2D eigenvalue weighted by atomic mass is 9.99. The van der Waals surface area contributed by atoms with Crippen molar-refractivity contribution in [1.29, 1.82) is 0 Å². The maximum atomic E-state index is 6.10. The van der Waals surface area contributed by atoms with Gasteiger partial charge in [0.25, 0.3) is 0 Å². The summed E-state index contributed by atoms with van der Waals surface area (Å²) >= 11 is 0. The van der Waals surface area contributed by atoms with Crippen LogP contribution in [0.4, 0.5) is 0 Å². The maximum Gasteiger partial charge on any atom is 0.0473 e. The summed E-state index contributed by atoms with van der Waals surface area (Å²) in [6.07, 6.45) is 5.24. The molecule has 0 amide bonds. The van der Waals surface area contributed by atoms with Crippen molar-refractivity contribution in [3.05, 3.63) is 34.9 Å². The van der Waals surface area contributed by atoms with Gasteiger partial charge in [0, 0.05) is 18.6 Å². The lowest BCUT2D eigenvalue weighted by Gasteiger charge is -2.32. The Bertz CT molecular complexity index is 389. The van der Waals surface area contributed by atoms with Crippen LogP contribution in [0.1, 0.15) is 55.3 Å². The molecule has 0 radical (unpaired) electrons. The molecule has 0 aromatic heterocycles. The second kappa shape index (κ2) is 6.53. The first kappa shape index (κ1) is 14.5. The monoisotopic (exact) mass is 260 g/mol. The zero-order chi connectivity index (χ0) is 13.8. The Morgan fingerprint density at radius 2 is 1.84 bits per heavy atom. The van der Waals surface area contributed by atoms with Gasteiger partial charge in [0.2, 0.25) is 0 Å². The van der Waals surface area contributed by atoms with Gasteiger partial charge in [-0.15, -0.1) is 0 Å². The van der Waals surface area contributed by atoms with E-state index in [1.807, 2.05) is 0 Å². The summed E-state index contributed by atoms with van der Waals surface area (Å²) in [5.41, 5.74) is 10.2. The molecular weight excluding hydrogens is 232 g/mol. The average molecular weight is 260 g/mol. The molecule has 1 saturated carbocycles. The van der Waals surface area contributed by atoms with E-state index in [0.717, 1.165) is 12.6 Å². The quantitative estimate of drug-likeness (QED) is 0.812. The number of unbranched alkanes of at least 4 members (excludes halogenated alkanes) is 1. The van der Waals surface area contributed by atoms with Crippen LogP contribution in [0.3, 0.4) is 0 Å². The molecule has 0 saturated heterocycles. The first-order chi connectivity index (χ1) is 9.15. The average Bonchev–Trinajstić information content (AvgIpc) is 3.17. The lowest BCUT2D eigenvalue weighted by molar-refractivity contribution is 0.188. The van der Waals surface area contributed by atoms with Gasteiger partial charge in [-0.25, -0.2) is 0 Å². The van der Waals surface area contributed by atoms with Crippen molar-refractivity contribution in [3.63, 3.8) is 0 Å². The summed E-state index contributed by atoms with van der Waals surface area (Å²) in [7, 11) is 0. The normalized spacial score (nSPS) is 16.9. The molecule has 0 spiro atoms. The van der Waals surface area contributed by atoms with Crippen LogP contribution in [0.25, 0.3) is 0 Å². The summed E-state index contributed by atoms with van der Waals surface area (Å²) in [5, 5.41) is 0. The molecule has 106 valence electrons. The highest BCUT2D eigenvalue weighted by Crippen LogP contribution is 2.34. The zero-order valence-corrected chi connectivity index (χ0v) is 12.7. The van der Waals surface area contributed by atoms with Crippen molar-refractivity contribution in [2.24, 2.45) is 5.73 Å². The fraction of sp³-hybridized carbons (Fsp3) is 0.647.